The molecule has 2 fully saturated rings. The number of hydrogen-bond donors (Lipinski definition) is 1. The van der Waals surface area contributed by atoms with E-state index in [9.17, 15) is 0 Å². The molecule has 1 aliphatic carbocycles. The molecule has 1 aromatic carbocycles. The van der Waals surface area contributed by atoms with E-state index in [0.717, 1.165) is 12.6 Å². The summed E-state index contributed by atoms with van der Waals surface area (Å²) in [6.07, 6.45) is 5.21. The van der Waals surface area contributed by atoms with Crippen molar-refractivity contribution in [2.45, 2.75) is 44.3 Å². The van der Waals surface area contributed by atoms with Crippen LogP contribution in [0.1, 0.15) is 31.2 Å². The maximum absolute atomic E-state index is 3.65. The average molecular weight is 352 g/mol. The van der Waals surface area contributed by atoms with Crippen molar-refractivity contribution < 1.29 is 0 Å². The van der Waals surface area contributed by atoms with Crippen molar-refractivity contribution >= 4 is 21.6 Å². The first-order valence-corrected chi connectivity index (χ1v) is 8.86. The zero-order chi connectivity index (χ0) is 14.8. The molecule has 4 heteroatoms. The van der Waals surface area contributed by atoms with Gasteiger partial charge in [-0.2, -0.15) is 0 Å². The van der Waals surface area contributed by atoms with Gasteiger partial charge in [-0.05, 0) is 63.5 Å². The van der Waals surface area contributed by atoms with Gasteiger partial charge in [0.25, 0.3) is 0 Å². The van der Waals surface area contributed by atoms with Gasteiger partial charge in [0, 0.05) is 35.8 Å². The van der Waals surface area contributed by atoms with Crippen LogP contribution in [0.3, 0.4) is 0 Å². The van der Waals surface area contributed by atoms with E-state index in [2.05, 4.69) is 63.3 Å². The van der Waals surface area contributed by atoms with Gasteiger partial charge in [-0.15, -0.1) is 0 Å². The normalized spacial score (nSPS) is 20.7. The first kappa shape index (κ1) is 15.3. The lowest BCUT2D eigenvalue weighted by molar-refractivity contribution is 0.252. The van der Waals surface area contributed by atoms with Gasteiger partial charge in [-0.25, -0.2) is 0 Å². The Bertz CT molecular complexity index is 479. The van der Waals surface area contributed by atoms with Gasteiger partial charge >= 0.3 is 0 Å². The van der Waals surface area contributed by atoms with Crippen LogP contribution in [0.15, 0.2) is 22.7 Å². The molecule has 116 valence electrons. The fourth-order valence-corrected chi connectivity index (χ4v) is 3.48. The zero-order valence-electron chi connectivity index (χ0n) is 13.1. The van der Waals surface area contributed by atoms with Crippen molar-refractivity contribution in [2.24, 2.45) is 0 Å². The molecule has 1 heterocycles. The van der Waals surface area contributed by atoms with Gasteiger partial charge in [-0.3, -0.25) is 0 Å². The summed E-state index contributed by atoms with van der Waals surface area (Å²) in [5.41, 5.74) is 2.80. The number of benzene rings is 1. The third-order valence-electron chi connectivity index (χ3n) is 4.82. The molecule has 1 saturated heterocycles. The molecule has 0 atom stereocenters. The molecule has 21 heavy (non-hydrogen) atoms. The highest BCUT2D eigenvalue weighted by molar-refractivity contribution is 9.10. The van der Waals surface area contributed by atoms with E-state index in [-0.39, 0.29) is 0 Å². The second-order valence-corrected chi connectivity index (χ2v) is 7.49. The highest BCUT2D eigenvalue weighted by Gasteiger charge is 2.24. The highest BCUT2D eigenvalue weighted by atomic mass is 79.9. The Morgan fingerprint density at radius 1 is 1.24 bits per heavy atom. The molecule has 0 radical (unpaired) electrons. The van der Waals surface area contributed by atoms with Gasteiger partial charge in [0.2, 0.25) is 0 Å². The molecule has 0 bridgehead atoms. The lowest BCUT2D eigenvalue weighted by Gasteiger charge is -2.37. The van der Waals surface area contributed by atoms with E-state index >= 15 is 0 Å². The van der Waals surface area contributed by atoms with E-state index in [0.29, 0.717) is 6.04 Å². The Morgan fingerprint density at radius 3 is 2.62 bits per heavy atom. The SMILES string of the molecule is CN1CCC(N(C)c2cc(Br)ccc2CNC2CC2)CC1. The number of anilines is 1. The minimum atomic E-state index is 0.662. The molecule has 2 aliphatic rings. The van der Waals surface area contributed by atoms with Crippen LogP contribution in [0.25, 0.3) is 0 Å². The quantitative estimate of drug-likeness (QED) is 0.878. The largest absolute Gasteiger partial charge is 0.371 e. The monoisotopic (exact) mass is 351 g/mol. The molecular formula is C17H26BrN3. The predicted octanol–water partition coefficient (Wildman–Crippen LogP) is 3.23. The number of hydrogen-bond acceptors (Lipinski definition) is 3. The lowest BCUT2D eigenvalue weighted by atomic mass is 10.0. The predicted molar refractivity (Wildman–Crippen MR) is 92.9 cm³/mol. The fraction of sp³-hybridized carbons (Fsp3) is 0.647. The Balaban J connectivity index is 1.73. The molecule has 0 aromatic heterocycles. The van der Waals surface area contributed by atoms with Gasteiger partial charge < -0.3 is 15.1 Å². The van der Waals surface area contributed by atoms with Crippen molar-refractivity contribution in [1.82, 2.24) is 10.2 Å². The molecule has 1 aromatic rings. The standard InChI is InChI=1S/C17H26BrN3/c1-20-9-7-16(8-10-20)21(2)17-11-14(18)4-3-13(17)12-19-15-5-6-15/h3-4,11,15-16,19H,5-10,12H2,1-2H3. The number of rotatable bonds is 5. The maximum atomic E-state index is 3.65. The minimum absolute atomic E-state index is 0.662. The first-order chi connectivity index (χ1) is 10.1. The summed E-state index contributed by atoms with van der Waals surface area (Å²) in [6, 6.07) is 8.13. The number of halogens is 1. The first-order valence-electron chi connectivity index (χ1n) is 8.06. The van der Waals surface area contributed by atoms with Crippen LogP contribution in [0.5, 0.6) is 0 Å². The van der Waals surface area contributed by atoms with E-state index < -0.39 is 0 Å². The summed E-state index contributed by atoms with van der Waals surface area (Å²) in [4.78, 5) is 4.93. The van der Waals surface area contributed by atoms with Crippen LogP contribution < -0.4 is 10.2 Å². The van der Waals surface area contributed by atoms with Gasteiger partial charge in [0.05, 0.1) is 0 Å². The van der Waals surface area contributed by atoms with Crippen molar-refractivity contribution in [3.8, 4) is 0 Å². The number of nitrogens with one attached hydrogen (secondary N) is 1. The van der Waals surface area contributed by atoms with Crippen LogP contribution in [0.2, 0.25) is 0 Å². The summed E-state index contributed by atoms with van der Waals surface area (Å²) in [5.74, 6) is 0. The van der Waals surface area contributed by atoms with Crippen LogP contribution in [-0.2, 0) is 6.54 Å². The van der Waals surface area contributed by atoms with Crippen molar-refractivity contribution in [1.29, 1.82) is 0 Å². The Kier molecular flexibility index (Phi) is 4.87. The Morgan fingerprint density at radius 2 is 1.95 bits per heavy atom. The van der Waals surface area contributed by atoms with Crippen LogP contribution in [0, 0.1) is 0 Å². The Hall–Kier alpha value is -0.580. The number of piperidine rings is 1. The Labute approximate surface area is 136 Å². The zero-order valence-corrected chi connectivity index (χ0v) is 14.7. The summed E-state index contributed by atoms with van der Waals surface area (Å²) < 4.78 is 1.17. The van der Waals surface area contributed by atoms with Crippen molar-refractivity contribution in [3.63, 3.8) is 0 Å². The van der Waals surface area contributed by atoms with E-state index in [1.807, 2.05) is 0 Å². The second-order valence-electron chi connectivity index (χ2n) is 6.57. The molecule has 3 nitrogen and oxygen atoms in total. The fourth-order valence-electron chi connectivity index (χ4n) is 3.14. The second kappa shape index (κ2) is 6.67. The third kappa shape index (κ3) is 3.99. The molecule has 1 N–H and O–H groups in total. The lowest BCUT2D eigenvalue weighted by Crippen LogP contribution is -2.42. The van der Waals surface area contributed by atoms with Gasteiger partial charge in [0.15, 0.2) is 0 Å². The summed E-state index contributed by atoms with van der Waals surface area (Å²) in [6.45, 7) is 3.40. The molecule has 3 rings (SSSR count). The van der Waals surface area contributed by atoms with Crippen molar-refractivity contribution in [3.05, 3.63) is 28.2 Å². The van der Waals surface area contributed by atoms with Crippen LogP contribution in [-0.4, -0.2) is 44.2 Å². The smallest absolute Gasteiger partial charge is 0.0423 e. The summed E-state index contributed by atoms with van der Waals surface area (Å²) >= 11 is 3.64. The average Bonchev–Trinajstić information content (AvgIpc) is 3.30. The molecule has 1 saturated carbocycles. The van der Waals surface area contributed by atoms with Crippen molar-refractivity contribution in [2.75, 3.05) is 32.1 Å². The molecule has 0 unspecified atom stereocenters. The number of nitrogens with zero attached hydrogens (tertiary/aromatic N) is 2. The summed E-state index contributed by atoms with van der Waals surface area (Å²) in [5, 5.41) is 3.65. The minimum Gasteiger partial charge on any atom is -0.371 e. The van der Waals surface area contributed by atoms with E-state index in [4.69, 9.17) is 0 Å². The molecule has 0 spiro atoms. The van der Waals surface area contributed by atoms with Gasteiger partial charge in [-0.1, -0.05) is 22.0 Å². The number of likely N-dealkylation sites (tertiary alicyclic amines) is 1. The molecule has 0 amide bonds. The maximum Gasteiger partial charge on any atom is 0.0423 e. The van der Waals surface area contributed by atoms with Crippen LogP contribution >= 0.6 is 15.9 Å². The summed E-state index contributed by atoms with van der Waals surface area (Å²) in [7, 11) is 4.48. The topological polar surface area (TPSA) is 18.5 Å². The molecule has 1 aliphatic heterocycles. The van der Waals surface area contributed by atoms with E-state index in [1.165, 1.54) is 54.5 Å². The third-order valence-corrected chi connectivity index (χ3v) is 5.31. The highest BCUT2D eigenvalue weighted by Crippen LogP contribution is 2.29. The van der Waals surface area contributed by atoms with E-state index in [1.54, 1.807) is 0 Å². The van der Waals surface area contributed by atoms with Gasteiger partial charge in [0.1, 0.15) is 0 Å². The van der Waals surface area contributed by atoms with Crippen LogP contribution in [0.4, 0.5) is 5.69 Å². The molecular weight excluding hydrogens is 326 g/mol.